The number of hydrogen-bond donors (Lipinski definition) is 1. The van der Waals surface area contributed by atoms with E-state index >= 15 is 0 Å². The predicted molar refractivity (Wildman–Crippen MR) is 79.1 cm³/mol. The molecule has 0 aliphatic carbocycles. The largest absolute Gasteiger partial charge is 0.456 e. The molecule has 4 rings (SSSR count). The van der Waals surface area contributed by atoms with E-state index in [0.717, 1.165) is 27.5 Å². The molecule has 1 heterocycles. The second-order valence-electron chi connectivity index (χ2n) is 4.79. The van der Waals surface area contributed by atoms with Gasteiger partial charge in [-0.05, 0) is 34.5 Å². The minimum absolute atomic E-state index is 0.545. The molecule has 2 heteroatoms. The maximum atomic E-state index is 5.92. The van der Waals surface area contributed by atoms with Crippen molar-refractivity contribution in [3.05, 3.63) is 60.2 Å². The quantitative estimate of drug-likeness (QED) is 0.547. The van der Waals surface area contributed by atoms with Crippen LogP contribution in [0.3, 0.4) is 0 Å². The summed E-state index contributed by atoms with van der Waals surface area (Å²) in [5.74, 6) is 0. The molecule has 0 fully saturated rings. The minimum Gasteiger partial charge on any atom is -0.456 e. The van der Waals surface area contributed by atoms with E-state index in [9.17, 15) is 0 Å². The molecule has 0 spiro atoms. The van der Waals surface area contributed by atoms with E-state index in [1.807, 2.05) is 18.2 Å². The number of para-hydroxylation sites is 1. The predicted octanol–water partition coefficient (Wildman–Crippen LogP) is 4.20. The highest BCUT2D eigenvalue weighted by Crippen LogP contribution is 2.32. The van der Waals surface area contributed by atoms with Crippen LogP contribution in [-0.4, -0.2) is 0 Å². The average molecular weight is 247 g/mol. The molecule has 0 amide bonds. The minimum atomic E-state index is 0.545. The van der Waals surface area contributed by atoms with Gasteiger partial charge in [0.25, 0.3) is 0 Å². The Morgan fingerprint density at radius 3 is 2.58 bits per heavy atom. The van der Waals surface area contributed by atoms with Gasteiger partial charge in [-0.3, -0.25) is 0 Å². The van der Waals surface area contributed by atoms with Gasteiger partial charge in [-0.15, -0.1) is 0 Å². The molecule has 0 bridgehead atoms. The molecule has 0 saturated heterocycles. The van der Waals surface area contributed by atoms with Crippen LogP contribution in [0.1, 0.15) is 5.56 Å². The fourth-order valence-electron chi connectivity index (χ4n) is 2.74. The second-order valence-corrected chi connectivity index (χ2v) is 4.79. The molecule has 19 heavy (non-hydrogen) atoms. The molecule has 2 nitrogen and oxygen atoms in total. The summed E-state index contributed by atoms with van der Waals surface area (Å²) in [5, 5.41) is 4.72. The van der Waals surface area contributed by atoms with Crippen LogP contribution < -0.4 is 5.73 Å². The van der Waals surface area contributed by atoms with Crippen molar-refractivity contribution >= 4 is 32.7 Å². The Hall–Kier alpha value is -2.32. The Labute approximate surface area is 110 Å². The highest BCUT2D eigenvalue weighted by molar-refractivity contribution is 6.10. The standard InChI is InChI=1S/C17H13NO/c18-10-12-5-3-4-11-8-15-13-6-1-2-7-16(13)19-17(15)9-14(11)12/h1-9H,10,18H2. The molecule has 0 radical (unpaired) electrons. The lowest BCUT2D eigenvalue weighted by atomic mass is 10.0. The van der Waals surface area contributed by atoms with Crippen LogP contribution in [0, 0.1) is 0 Å². The number of furan rings is 1. The summed E-state index contributed by atoms with van der Waals surface area (Å²) in [6.45, 7) is 0.545. The van der Waals surface area contributed by atoms with Gasteiger partial charge >= 0.3 is 0 Å². The summed E-state index contributed by atoms with van der Waals surface area (Å²) in [7, 11) is 0. The first-order valence-corrected chi connectivity index (χ1v) is 6.40. The molecule has 0 aliphatic heterocycles. The molecule has 0 atom stereocenters. The first-order chi connectivity index (χ1) is 9.36. The number of hydrogen-bond acceptors (Lipinski definition) is 2. The summed E-state index contributed by atoms with van der Waals surface area (Å²) in [6, 6.07) is 18.7. The lowest BCUT2D eigenvalue weighted by molar-refractivity contribution is 0.669. The molecule has 92 valence electrons. The SMILES string of the molecule is NCc1cccc2cc3c(cc12)oc1ccccc13. The zero-order chi connectivity index (χ0) is 12.8. The molecule has 3 aromatic carbocycles. The van der Waals surface area contributed by atoms with Gasteiger partial charge in [-0.25, -0.2) is 0 Å². The molecular weight excluding hydrogens is 234 g/mol. The third kappa shape index (κ3) is 1.47. The van der Waals surface area contributed by atoms with Crippen LogP contribution in [0.2, 0.25) is 0 Å². The number of benzene rings is 3. The third-order valence-corrected chi connectivity index (χ3v) is 3.69. The molecular formula is C17H13NO. The zero-order valence-corrected chi connectivity index (χ0v) is 10.4. The normalized spacial score (nSPS) is 11.6. The van der Waals surface area contributed by atoms with Crippen LogP contribution in [-0.2, 0) is 6.54 Å². The summed E-state index contributed by atoms with van der Waals surface area (Å²) >= 11 is 0. The van der Waals surface area contributed by atoms with Crippen molar-refractivity contribution in [2.75, 3.05) is 0 Å². The van der Waals surface area contributed by atoms with Crippen LogP contribution in [0.15, 0.2) is 59.0 Å². The monoisotopic (exact) mass is 247 g/mol. The summed E-state index contributed by atoms with van der Waals surface area (Å²) in [4.78, 5) is 0. The van der Waals surface area contributed by atoms with Crippen molar-refractivity contribution in [1.82, 2.24) is 0 Å². The Morgan fingerprint density at radius 1 is 0.789 bits per heavy atom. The molecule has 4 aromatic rings. The molecule has 0 saturated carbocycles. The Balaban J connectivity index is 2.21. The maximum Gasteiger partial charge on any atom is 0.136 e. The Bertz CT molecular complexity index is 905. The fraction of sp³-hybridized carbons (Fsp3) is 0.0588. The van der Waals surface area contributed by atoms with Crippen molar-refractivity contribution in [1.29, 1.82) is 0 Å². The number of nitrogens with two attached hydrogens (primary N) is 1. The van der Waals surface area contributed by atoms with Gasteiger partial charge in [0.1, 0.15) is 11.2 Å². The van der Waals surface area contributed by atoms with Crippen molar-refractivity contribution in [3.8, 4) is 0 Å². The molecule has 0 unspecified atom stereocenters. The van der Waals surface area contributed by atoms with Crippen LogP contribution in [0.4, 0.5) is 0 Å². The first kappa shape index (κ1) is 10.6. The highest BCUT2D eigenvalue weighted by atomic mass is 16.3. The van der Waals surface area contributed by atoms with Crippen LogP contribution in [0.5, 0.6) is 0 Å². The van der Waals surface area contributed by atoms with Gasteiger partial charge in [-0.2, -0.15) is 0 Å². The number of rotatable bonds is 1. The maximum absolute atomic E-state index is 5.92. The van der Waals surface area contributed by atoms with Crippen molar-refractivity contribution in [2.45, 2.75) is 6.54 Å². The second kappa shape index (κ2) is 3.84. The van der Waals surface area contributed by atoms with E-state index in [-0.39, 0.29) is 0 Å². The van der Waals surface area contributed by atoms with Gasteiger partial charge in [0.15, 0.2) is 0 Å². The molecule has 1 aromatic heterocycles. The van der Waals surface area contributed by atoms with Crippen molar-refractivity contribution in [2.24, 2.45) is 5.73 Å². The lowest BCUT2D eigenvalue weighted by Gasteiger charge is -2.03. The van der Waals surface area contributed by atoms with Gasteiger partial charge in [0.2, 0.25) is 0 Å². The summed E-state index contributed by atoms with van der Waals surface area (Å²) < 4.78 is 5.92. The topological polar surface area (TPSA) is 39.2 Å². The lowest BCUT2D eigenvalue weighted by Crippen LogP contribution is -1.96. The van der Waals surface area contributed by atoms with Crippen LogP contribution >= 0.6 is 0 Å². The van der Waals surface area contributed by atoms with Crippen molar-refractivity contribution < 1.29 is 4.42 Å². The number of fused-ring (bicyclic) bond motifs is 4. The first-order valence-electron chi connectivity index (χ1n) is 6.40. The van der Waals surface area contributed by atoms with Crippen molar-refractivity contribution in [3.63, 3.8) is 0 Å². The van der Waals surface area contributed by atoms with Gasteiger partial charge in [0, 0.05) is 17.3 Å². The smallest absolute Gasteiger partial charge is 0.136 e. The summed E-state index contributed by atoms with van der Waals surface area (Å²) in [5.41, 5.74) is 8.82. The van der Waals surface area contributed by atoms with E-state index in [4.69, 9.17) is 10.2 Å². The van der Waals surface area contributed by atoms with E-state index in [1.54, 1.807) is 0 Å². The van der Waals surface area contributed by atoms with Gasteiger partial charge in [0.05, 0.1) is 0 Å². The van der Waals surface area contributed by atoms with E-state index in [0.29, 0.717) is 6.54 Å². The highest BCUT2D eigenvalue weighted by Gasteiger charge is 2.08. The van der Waals surface area contributed by atoms with Crippen LogP contribution in [0.25, 0.3) is 32.7 Å². The fourth-order valence-corrected chi connectivity index (χ4v) is 2.74. The van der Waals surface area contributed by atoms with E-state index in [1.165, 1.54) is 10.8 Å². The molecule has 0 aliphatic rings. The van der Waals surface area contributed by atoms with E-state index < -0.39 is 0 Å². The van der Waals surface area contributed by atoms with Gasteiger partial charge in [-0.1, -0.05) is 36.4 Å². The zero-order valence-electron chi connectivity index (χ0n) is 10.4. The average Bonchev–Trinajstić information content (AvgIpc) is 2.82. The Morgan fingerprint density at radius 2 is 1.68 bits per heavy atom. The van der Waals surface area contributed by atoms with E-state index in [2.05, 4.69) is 36.4 Å². The third-order valence-electron chi connectivity index (χ3n) is 3.69. The molecule has 2 N–H and O–H groups in total. The van der Waals surface area contributed by atoms with Gasteiger partial charge < -0.3 is 10.2 Å². The summed E-state index contributed by atoms with van der Waals surface area (Å²) in [6.07, 6.45) is 0. The Kier molecular flexibility index (Phi) is 2.14.